The molecule has 3 aliphatic rings. The van der Waals surface area contributed by atoms with E-state index >= 15 is 4.39 Å². The van der Waals surface area contributed by atoms with Gasteiger partial charge < -0.3 is 19.5 Å². The number of rotatable bonds is 7. The van der Waals surface area contributed by atoms with Crippen molar-refractivity contribution in [3.63, 3.8) is 0 Å². The van der Waals surface area contributed by atoms with Crippen molar-refractivity contribution >= 4 is 27.5 Å². The summed E-state index contributed by atoms with van der Waals surface area (Å²) in [6.07, 6.45) is 14.8. The average Bonchev–Trinajstić information content (AvgIpc) is 3.31. The van der Waals surface area contributed by atoms with Gasteiger partial charge >= 0.3 is 6.01 Å². The Morgan fingerprint density at radius 2 is 1.98 bits per heavy atom. The zero-order valence-electron chi connectivity index (χ0n) is 26.2. The maximum Gasteiger partial charge on any atom is 0.319 e. The highest BCUT2D eigenvalue weighted by atomic mass is 19.1. The summed E-state index contributed by atoms with van der Waals surface area (Å²) in [6.45, 7) is 7.29. The van der Waals surface area contributed by atoms with Gasteiger partial charge in [-0.05, 0) is 75.2 Å². The average molecular weight is 628 g/mol. The standard InChI is InChI=1S/C36H39F2N5O3/c1-3-13-42-14-6-12-36(11-5-8-29(36)42)22-46-35-40-33-27(34(41-35)43-15-7-17-45-18-16-43)21-39-32(31(33)38)26-20-24(44)19-23-9-10-28(37)25(4-2)30(23)26/h2,9-10,19-21,29,44H,3,5-8,11-18,22H2,1H3/t29-,36-/m1/s1. The Kier molecular flexibility index (Phi) is 8.38. The number of anilines is 1. The summed E-state index contributed by atoms with van der Waals surface area (Å²) in [5.41, 5.74) is 0.115. The third-order valence-corrected chi connectivity index (χ3v) is 10.0. The Labute approximate surface area is 267 Å². The first-order valence-corrected chi connectivity index (χ1v) is 16.4. The van der Waals surface area contributed by atoms with Gasteiger partial charge in [0.2, 0.25) is 0 Å². The van der Waals surface area contributed by atoms with E-state index < -0.39 is 11.6 Å². The van der Waals surface area contributed by atoms with Crippen LogP contribution in [0, 0.1) is 29.4 Å². The van der Waals surface area contributed by atoms with E-state index in [-0.39, 0.29) is 39.5 Å². The first-order chi connectivity index (χ1) is 22.4. The van der Waals surface area contributed by atoms with E-state index in [1.165, 1.54) is 24.3 Å². The fourth-order valence-corrected chi connectivity index (χ4v) is 8.00. The van der Waals surface area contributed by atoms with E-state index in [4.69, 9.17) is 20.9 Å². The van der Waals surface area contributed by atoms with Gasteiger partial charge in [-0.25, -0.2) is 8.78 Å². The van der Waals surface area contributed by atoms with Crippen molar-refractivity contribution in [1.82, 2.24) is 19.9 Å². The zero-order chi connectivity index (χ0) is 31.8. The van der Waals surface area contributed by atoms with E-state index in [9.17, 15) is 9.50 Å². The molecule has 0 amide bonds. The maximum atomic E-state index is 16.8. The molecular weight excluding hydrogens is 588 g/mol. The molecule has 2 atom stereocenters. The molecule has 0 spiro atoms. The van der Waals surface area contributed by atoms with Crippen molar-refractivity contribution in [1.29, 1.82) is 0 Å². The largest absolute Gasteiger partial charge is 0.508 e. The SMILES string of the molecule is C#Cc1c(F)ccc2cc(O)cc(-c3ncc4c(N5CCCOCC5)nc(OC[C@]56CCC[C@H]5N(CCC)CCC6)nc4c3F)c12. The van der Waals surface area contributed by atoms with Crippen LogP contribution in [0.3, 0.4) is 0 Å². The Balaban J connectivity index is 1.35. The molecule has 2 saturated heterocycles. The van der Waals surface area contributed by atoms with E-state index in [2.05, 4.69) is 32.6 Å². The summed E-state index contributed by atoms with van der Waals surface area (Å²) in [5, 5.41) is 11.8. The van der Waals surface area contributed by atoms with Crippen LogP contribution in [0.4, 0.5) is 14.6 Å². The Bertz CT molecular complexity index is 1820. The second-order valence-electron chi connectivity index (χ2n) is 12.8. The van der Waals surface area contributed by atoms with Gasteiger partial charge in [0.25, 0.3) is 0 Å². The number of aromatic nitrogens is 3. The van der Waals surface area contributed by atoms with Crippen LogP contribution in [-0.2, 0) is 4.74 Å². The third kappa shape index (κ3) is 5.39. The lowest BCUT2D eigenvalue weighted by Crippen LogP contribution is -2.52. The molecule has 1 aliphatic carbocycles. The fourth-order valence-electron chi connectivity index (χ4n) is 8.00. The van der Waals surface area contributed by atoms with Crippen LogP contribution < -0.4 is 9.64 Å². The molecule has 3 fully saturated rings. The Hall–Kier alpha value is -4.07. The molecule has 2 aromatic heterocycles. The fraction of sp³-hybridized carbons (Fsp3) is 0.472. The topological polar surface area (TPSA) is 83.8 Å². The predicted octanol–water partition coefficient (Wildman–Crippen LogP) is 6.46. The molecule has 4 heterocycles. The van der Waals surface area contributed by atoms with Crippen molar-refractivity contribution in [2.45, 2.75) is 57.9 Å². The molecule has 0 bridgehead atoms. The molecule has 2 aliphatic heterocycles. The first-order valence-electron chi connectivity index (χ1n) is 16.4. The molecule has 1 N–H and O–H groups in total. The number of pyridine rings is 1. The summed E-state index contributed by atoms with van der Waals surface area (Å²) in [6, 6.07) is 6.14. The molecule has 8 nitrogen and oxygen atoms in total. The number of halogens is 2. The van der Waals surface area contributed by atoms with Gasteiger partial charge in [-0.15, -0.1) is 6.42 Å². The van der Waals surface area contributed by atoms with Gasteiger partial charge in [-0.2, -0.15) is 9.97 Å². The summed E-state index contributed by atoms with van der Waals surface area (Å²) in [4.78, 5) is 18.7. The van der Waals surface area contributed by atoms with Crippen LogP contribution in [0.1, 0.15) is 57.4 Å². The number of benzene rings is 2. The van der Waals surface area contributed by atoms with Gasteiger partial charge in [-0.3, -0.25) is 9.88 Å². The van der Waals surface area contributed by atoms with Crippen molar-refractivity contribution in [2.75, 3.05) is 50.9 Å². The van der Waals surface area contributed by atoms with Gasteiger partial charge in [-0.1, -0.05) is 25.3 Å². The number of likely N-dealkylation sites (tertiary alicyclic amines) is 1. The predicted molar refractivity (Wildman–Crippen MR) is 174 cm³/mol. The smallest absolute Gasteiger partial charge is 0.319 e. The van der Waals surface area contributed by atoms with Gasteiger partial charge in [0, 0.05) is 48.3 Å². The number of phenols is 1. The molecule has 10 heteroatoms. The lowest BCUT2D eigenvalue weighted by atomic mass is 9.75. The van der Waals surface area contributed by atoms with Gasteiger partial charge in [0.15, 0.2) is 5.82 Å². The van der Waals surface area contributed by atoms with Crippen LogP contribution in [-0.4, -0.2) is 77.0 Å². The minimum Gasteiger partial charge on any atom is -0.508 e. The van der Waals surface area contributed by atoms with Gasteiger partial charge in [0.05, 0.1) is 24.2 Å². The molecule has 4 aromatic rings. The van der Waals surface area contributed by atoms with Crippen LogP contribution in [0.5, 0.6) is 11.8 Å². The van der Waals surface area contributed by atoms with Crippen LogP contribution in [0.2, 0.25) is 0 Å². The minimum atomic E-state index is -0.722. The summed E-state index contributed by atoms with van der Waals surface area (Å²) < 4.78 is 43.8. The Morgan fingerprint density at radius 1 is 1.11 bits per heavy atom. The monoisotopic (exact) mass is 627 g/mol. The number of phenolic OH excluding ortho intramolecular Hbond substituents is 1. The molecule has 1 saturated carbocycles. The highest BCUT2D eigenvalue weighted by molar-refractivity contribution is 6.03. The van der Waals surface area contributed by atoms with E-state index in [1.54, 1.807) is 6.20 Å². The van der Waals surface area contributed by atoms with Crippen molar-refractivity contribution in [2.24, 2.45) is 5.41 Å². The summed E-state index contributed by atoms with van der Waals surface area (Å²) in [5.74, 6) is 1.48. The highest BCUT2D eigenvalue weighted by Gasteiger charge is 2.48. The summed E-state index contributed by atoms with van der Waals surface area (Å²) >= 11 is 0. The van der Waals surface area contributed by atoms with Crippen molar-refractivity contribution in [3.05, 3.63) is 47.7 Å². The molecule has 7 rings (SSSR count). The number of ether oxygens (including phenoxy) is 2. The second kappa shape index (κ2) is 12.6. The normalized spacial score (nSPS) is 22.1. The molecule has 46 heavy (non-hydrogen) atoms. The number of hydrogen-bond acceptors (Lipinski definition) is 8. The highest BCUT2D eigenvalue weighted by Crippen LogP contribution is 2.48. The van der Waals surface area contributed by atoms with Crippen LogP contribution in [0.25, 0.3) is 32.9 Å². The number of aromatic hydroxyl groups is 1. The van der Waals surface area contributed by atoms with E-state index in [0.29, 0.717) is 60.9 Å². The molecule has 0 unspecified atom stereocenters. The lowest BCUT2D eigenvalue weighted by Gasteiger charge is -2.46. The van der Waals surface area contributed by atoms with Crippen molar-refractivity contribution in [3.8, 4) is 35.4 Å². The molecule has 2 aromatic carbocycles. The Morgan fingerprint density at radius 3 is 2.83 bits per heavy atom. The van der Waals surface area contributed by atoms with E-state index in [0.717, 1.165) is 58.0 Å². The number of fused-ring (bicyclic) bond motifs is 3. The number of piperidine rings is 1. The van der Waals surface area contributed by atoms with Crippen LogP contribution in [0.15, 0.2) is 30.5 Å². The molecular formula is C36H39F2N5O3. The zero-order valence-corrected chi connectivity index (χ0v) is 26.2. The third-order valence-electron chi connectivity index (χ3n) is 10.0. The first kappa shape index (κ1) is 30.6. The van der Waals surface area contributed by atoms with Crippen LogP contribution >= 0.6 is 0 Å². The second-order valence-corrected chi connectivity index (χ2v) is 12.8. The maximum absolute atomic E-state index is 16.8. The van der Waals surface area contributed by atoms with E-state index in [1.807, 2.05) is 0 Å². The molecule has 0 radical (unpaired) electrons. The number of terminal acetylenes is 1. The minimum absolute atomic E-state index is 0.0144. The summed E-state index contributed by atoms with van der Waals surface area (Å²) in [7, 11) is 0. The lowest BCUT2D eigenvalue weighted by molar-refractivity contribution is -0.000131. The number of hydrogen-bond donors (Lipinski definition) is 1. The molecule has 240 valence electrons. The van der Waals surface area contributed by atoms with Gasteiger partial charge in [0.1, 0.15) is 28.6 Å². The quantitative estimate of drug-likeness (QED) is 0.234. The number of nitrogens with zero attached hydrogens (tertiary/aromatic N) is 5. The van der Waals surface area contributed by atoms with Crippen molar-refractivity contribution < 1.29 is 23.4 Å².